The van der Waals surface area contributed by atoms with Crippen LogP contribution in [0.4, 0.5) is 30.5 Å². The Labute approximate surface area is 222 Å². The lowest BCUT2D eigenvalue weighted by atomic mass is 10.1. The number of fused-ring (bicyclic) bond motifs is 1. The number of rotatable bonds is 8. The summed E-state index contributed by atoms with van der Waals surface area (Å²) in [7, 11) is -3.94. The summed E-state index contributed by atoms with van der Waals surface area (Å²) in [6.07, 6.45) is 1.17. The van der Waals surface area contributed by atoms with Crippen LogP contribution in [0.15, 0.2) is 42.6 Å². The lowest BCUT2D eigenvalue weighted by Gasteiger charge is -2.28. The van der Waals surface area contributed by atoms with Gasteiger partial charge in [-0.3, -0.25) is 9.11 Å². The Kier molecular flexibility index (Phi) is 7.48. The number of hydrogen-bond donors (Lipinski definition) is 2. The predicted octanol–water partition coefficient (Wildman–Crippen LogP) is 3.55. The summed E-state index contributed by atoms with van der Waals surface area (Å²) in [4.78, 5) is 19.6. The number of nitrogens with one attached hydrogen (secondary N) is 1. The number of pyridine rings is 2. The minimum atomic E-state index is -3.94. The molecule has 204 valence electrons. The third-order valence-corrected chi connectivity index (χ3v) is 7.41. The average molecular weight is 560 g/mol. The van der Waals surface area contributed by atoms with Crippen molar-refractivity contribution in [3.05, 3.63) is 54.2 Å². The Hall–Kier alpha value is -4.04. The Bertz CT molecular complexity index is 1630. The molecule has 4 heterocycles. The van der Waals surface area contributed by atoms with Gasteiger partial charge < -0.3 is 15.4 Å². The van der Waals surface area contributed by atoms with E-state index >= 15 is 4.39 Å². The van der Waals surface area contributed by atoms with Crippen LogP contribution in [-0.4, -0.2) is 67.1 Å². The van der Waals surface area contributed by atoms with Crippen molar-refractivity contribution in [2.75, 3.05) is 54.1 Å². The number of hydrogen-bond acceptors (Lipinski definition) is 9. The highest BCUT2D eigenvalue weighted by Gasteiger charge is 2.22. The SMILES string of the molecule is Nc1ncc(-c2nc(N3CCOCC3)c3nc(-c4cccc(NS(=O)(=O)CCCF)c4F)ccc3n2)cc1F. The van der Waals surface area contributed by atoms with E-state index in [0.29, 0.717) is 48.7 Å². The molecule has 0 aliphatic carbocycles. The fourth-order valence-electron chi connectivity index (χ4n) is 4.12. The summed E-state index contributed by atoms with van der Waals surface area (Å²) in [6, 6.07) is 8.61. The van der Waals surface area contributed by atoms with Crippen molar-refractivity contribution in [2.45, 2.75) is 6.42 Å². The molecule has 0 atom stereocenters. The molecule has 39 heavy (non-hydrogen) atoms. The minimum absolute atomic E-state index is 0.0457. The zero-order chi connectivity index (χ0) is 27.6. The number of nitrogens with zero attached hydrogens (tertiary/aromatic N) is 5. The van der Waals surface area contributed by atoms with E-state index in [0.717, 1.165) is 0 Å². The number of sulfonamides is 1. The minimum Gasteiger partial charge on any atom is -0.381 e. The number of aromatic nitrogens is 4. The fraction of sp³-hybridized carbons (Fsp3) is 0.280. The van der Waals surface area contributed by atoms with E-state index < -0.39 is 34.1 Å². The smallest absolute Gasteiger partial charge is 0.232 e. The standard InChI is InChI=1S/C25H24F3N7O3S/c26-7-2-12-39(36,37)34-19-4-1-3-16(21(19)28)18-5-6-20-22(31-18)25(35-8-10-38-11-9-35)33-24(32-20)15-13-17(27)23(29)30-14-15/h1,3-6,13-14,34H,2,7-12H2,(H2,29,30). The summed E-state index contributed by atoms with van der Waals surface area (Å²) in [5.41, 5.74) is 6.62. The van der Waals surface area contributed by atoms with Crippen molar-refractivity contribution in [3.8, 4) is 22.6 Å². The van der Waals surface area contributed by atoms with E-state index in [1.165, 1.54) is 30.5 Å². The van der Waals surface area contributed by atoms with Crippen LogP contribution in [0.25, 0.3) is 33.7 Å². The lowest BCUT2D eigenvalue weighted by molar-refractivity contribution is 0.122. The first-order valence-corrected chi connectivity index (χ1v) is 13.7. The zero-order valence-electron chi connectivity index (χ0n) is 20.6. The van der Waals surface area contributed by atoms with Gasteiger partial charge in [0.2, 0.25) is 10.0 Å². The van der Waals surface area contributed by atoms with E-state index in [-0.39, 0.29) is 35.0 Å². The Morgan fingerprint density at radius 3 is 2.62 bits per heavy atom. The number of nitrogen functional groups attached to an aromatic ring is 1. The molecule has 1 aromatic carbocycles. The lowest BCUT2D eigenvalue weighted by Crippen LogP contribution is -2.37. The summed E-state index contributed by atoms with van der Waals surface area (Å²) in [6.45, 7) is 1.13. The molecule has 0 saturated carbocycles. The summed E-state index contributed by atoms with van der Waals surface area (Å²) in [5, 5.41) is 0. The first-order chi connectivity index (χ1) is 18.8. The molecular formula is C25H24F3N7O3S. The normalized spacial score (nSPS) is 14.1. The highest BCUT2D eigenvalue weighted by atomic mass is 32.2. The molecule has 1 aliphatic rings. The van der Waals surface area contributed by atoms with Crippen LogP contribution in [-0.2, 0) is 14.8 Å². The average Bonchev–Trinajstić information content (AvgIpc) is 2.94. The molecule has 4 aromatic rings. The fourth-order valence-corrected chi connectivity index (χ4v) is 5.20. The van der Waals surface area contributed by atoms with E-state index in [1.807, 2.05) is 4.90 Å². The third-order valence-electron chi connectivity index (χ3n) is 6.05. The molecule has 0 radical (unpaired) electrons. The van der Waals surface area contributed by atoms with Gasteiger partial charge in [-0.2, -0.15) is 0 Å². The van der Waals surface area contributed by atoms with Crippen LogP contribution >= 0.6 is 0 Å². The second-order valence-corrected chi connectivity index (χ2v) is 10.6. The quantitative estimate of drug-likeness (QED) is 0.332. The molecule has 3 aromatic heterocycles. The Morgan fingerprint density at radius 1 is 1.08 bits per heavy atom. The topological polar surface area (TPSA) is 136 Å². The van der Waals surface area contributed by atoms with Gasteiger partial charge in [0.1, 0.15) is 5.52 Å². The molecule has 5 rings (SSSR count). The van der Waals surface area contributed by atoms with Gasteiger partial charge in [-0.15, -0.1) is 0 Å². The van der Waals surface area contributed by atoms with Gasteiger partial charge in [0, 0.05) is 30.4 Å². The molecule has 0 bridgehead atoms. The van der Waals surface area contributed by atoms with Gasteiger partial charge >= 0.3 is 0 Å². The van der Waals surface area contributed by atoms with Crippen LogP contribution in [0.5, 0.6) is 0 Å². The highest BCUT2D eigenvalue weighted by Crippen LogP contribution is 2.32. The zero-order valence-corrected chi connectivity index (χ0v) is 21.4. The number of alkyl halides is 1. The molecule has 0 spiro atoms. The maximum Gasteiger partial charge on any atom is 0.232 e. The molecule has 14 heteroatoms. The molecule has 1 fully saturated rings. The van der Waals surface area contributed by atoms with Crippen LogP contribution in [0.2, 0.25) is 0 Å². The van der Waals surface area contributed by atoms with Gasteiger partial charge in [-0.1, -0.05) is 6.07 Å². The molecule has 0 amide bonds. The first-order valence-electron chi connectivity index (χ1n) is 12.0. The second-order valence-electron chi connectivity index (χ2n) is 8.76. The highest BCUT2D eigenvalue weighted by molar-refractivity contribution is 7.92. The third kappa shape index (κ3) is 5.71. The number of benzene rings is 1. The molecule has 1 saturated heterocycles. The predicted molar refractivity (Wildman–Crippen MR) is 141 cm³/mol. The number of halogens is 3. The molecule has 1 aliphatic heterocycles. The van der Waals surface area contributed by atoms with Crippen molar-refractivity contribution in [3.63, 3.8) is 0 Å². The Balaban J connectivity index is 1.60. The monoisotopic (exact) mass is 559 g/mol. The van der Waals surface area contributed by atoms with E-state index in [9.17, 15) is 17.2 Å². The van der Waals surface area contributed by atoms with E-state index in [4.69, 9.17) is 10.5 Å². The van der Waals surface area contributed by atoms with Crippen LogP contribution in [0.3, 0.4) is 0 Å². The van der Waals surface area contributed by atoms with Crippen LogP contribution in [0.1, 0.15) is 6.42 Å². The van der Waals surface area contributed by atoms with E-state index in [2.05, 4.69) is 24.7 Å². The molecule has 0 unspecified atom stereocenters. The van der Waals surface area contributed by atoms with Crippen molar-refractivity contribution < 1.29 is 26.3 Å². The van der Waals surface area contributed by atoms with Gasteiger partial charge in [0.25, 0.3) is 0 Å². The number of ether oxygens (including phenoxy) is 1. The van der Waals surface area contributed by atoms with Crippen LogP contribution < -0.4 is 15.4 Å². The van der Waals surface area contributed by atoms with Gasteiger partial charge in [-0.05, 0) is 36.8 Å². The van der Waals surface area contributed by atoms with Gasteiger partial charge in [-0.25, -0.2) is 37.1 Å². The molecule has 10 nitrogen and oxygen atoms in total. The largest absolute Gasteiger partial charge is 0.381 e. The summed E-state index contributed by atoms with van der Waals surface area (Å²) in [5.74, 6) is -1.59. The van der Waals surface area contributed by atoms with Gasteiger partial charge in [0.15, 0.2) is 29.1 Å². The number of nitrogens with two attached hydrogens (primary N) is 1. The van der Waals surface area contributed by atoms with Crippen molar-refractivity contribution in [2.24, 2.45) is 0 Å². The molecular weight excluding hydrogens is 535 g/mol. The van der Waals surface area contributed by atoms with Crippen molar-refractivity contribution >= 4 is 38.4 Å². The maximum absolute atomic E-state index is 15.5. The second kappa shape index (κ2) is 11.0. The van der Waals surface area contributed by atoms with Gasteiger partial charge in [0.05, 0.1) is 42.5 Å². The number of morpholine rings is 1. The Morgan fingerprint density at radius 2 is 1.87 bits per heavy atom. The summed E-state index contributed by atoms with van der Waals surface area (Å²) >= 11 is 0. The summed E-state index contributed by atoms with van der Waals surface area (Å²) < 4.78 is 74.1. The van der Waals surface area contributed by atoms with E-state index in [1.54, 1.807) is 12.1 Å². The molecule has 3 N–H and O–H groups in total. The number of anilines is 3. The maximum atomic E-state index is 15.5. The van der Waals surface area contributed by atoms with Crippen LogP contribution in [0, 0.1) is 11.6 Å². The first kappa shape index (κ1) is 26.6. The van der Waals surface area contributed by atoms with Crippen molar-refractivity contribution in [1.82, 2.24) is 19.9 Å². The van der Waals surface area contributed by atoms with Crippen molar-refractivity contribution in [1.29, 1.82) is 0 Å².